The SMILES string of the molecule is O=C1CC(Cl)CN1c1ccc2c(c1)OCO2. The first-order valence-corrected chi connectivity index (χ1v) is 5.52. The quantitative estimate of drug-likeness (QED) is 0.701. The van der Waals surface area contributed by atoms with Crippen LogP contribution in [0.25, 0.3) is 0 Å². The van der Waals surface area contributed by atoms with Crippen molar-refractivity contribution in [1.29, 1.82) is 0 Å². The number of ether oxygens (including phenoxy) is 2. The fourth-order valence-electron chi connectivity index (χ4n) is 1.97. The summed E-state index contributed by atoms with van der Waals surface area (Å²) in [5.41, 5.74) is 0.817. The van der Waals surface area contributed by atoms with Crippen molar-refractivity contribution in [3.63, 3.8) is 0 Å². The number of anilines is 1. The number of halogens is 1. The summed E-state index contributed by atoms with van der Waals surface area (Å²) >= 11 is 5.95. The van der Waals surface area contributed by atoms with Crippen molar-refractivity contribution in [3.05, 3.63) is 18.2 Å². The Hall–Kier alpha value is -1.42. The predicted octanol–water partition coefficient (Wildman–Crippen LogP) is 1.76. The van der Waals surface area contributed by atoms with Crippen molar-refractivity contribution in [3.8, 4) is 11.5 Å². The number of carbonyl (C=O) groups excluding carboxylic acids is 1. The summed E-state index contributed by atoms with van der Waals surface area (Å²) in [6.45, 7) is 0.797. The lowest BCUT2D eigenvalue weighted by Crippen LogP contribution is -2.24. The van der Waals surface area contributed by atoms with Crippen LogP contribution in [0.15, 0.2) is 18.2 Å². The molecule has 16 heavy (non-hydrogen) atoms. The molecule has 1 fully saturated rings. The Balaban J connectivity index is 1.92. The molecular weight excluding hydrogens is 230 g/mol. The van der Waals surface area contributed by atoms with Gasteiger partial charge in [-0.1, -0.05) is 0 Å². The molecule has 2 aliphatic heterocycles. The van der Waals surface area contributed by atoms with Gasteiger partial charge in [-0.05, 0) is 12.1 Å². The third kappa shape index (κ3) is 1.50. The number of hydrogen-bond acceptors (Lipinski definition) is 3. The first-order chi connectivity index (χ1) is 7.74. The fourth-order valence-corrected chi connectivity index (χ4v) is 2.24. The van der Waals surface area contributed by atoms with Gasteiger partial charge in [0, 0.05) is 24.7 Å². The van der Waals surface area contributed by atoms with Gasteiger partial charge in [0.05, 0.1) is 5.38 Å². The summed E-state index contributed by atoms with van der Waals surface area (Å²) in [5, 5.41) is -0.0991. The van der Waals surface area contributed by atoms with E-state index < -0.39 is 0 Å². The summed E-state index contributed by atoms with van der Waals surface area (Å²) in [6, 6.07) is 5.47. The van der Waals surface area contributed by atoms with E-state index in [1.54, 1.807) is 4.90 Å². The van der Waals surface area contributed by atoms with Crippen LogP contribution < -0.4 is 14.4 Å². The van der Waals surface area contributed by atoms with Gasteiger partial charge in [0.15, 0.2) is 11.5 Å². The first kappa shape index (κ1) is 9.78. The molecule has 1 saturated heterocycles. The molecule has 1 aromatic carbocycles. The second kappa shape index (κ2) is 3.56. The number of carbonyl (C=O) groups is 1. The standard InChI is InChI=1S/C11H10ClNO3/c12-7-3-11(14)13(5-7)8-1-2-9-10(4-8)16-6-15-9/h1-2,4,7H,3,5-6H2. The Morgan fingerprint density at radius 3 is 2.88 bits per heavy atom. The van der Waals surface area contributed by atoms with E-state index in [9.17, 15) is 4.79 Å². The number of benzene rings is 1. The van der Waals surface area contributed by atoms with Crippen molar-refractivity contribution in [1.82, 2.24) is 0 Å². The highest BCUT2D eigenvalue weighted by molar-refractivity contribution is 6.24. The molecule has 1 amide bonds. The van der Waals surface area contributed by atoms with Crippen LogP contribution in [0.2, 0.25) is 0 Å². The lowest BCUT2D eigenvalue weighted by atomic mass is 10.2. The maximum Gasteiger partial charge on any atom is 0.231 e. The van der Waals surface area contributed by atoms with E-state index >= 15 is 0 Å². The zero-order valence-electron chi connectivity index (χ0n) is 8.48. The molecule has 1 atom stereocenters. The van der Waals surface area contributed by atoms with Crippen molar-refractivity contribution in [2.24, 2.45) is 0 Å². The molecule has 0 aliphatic carbocycles. The second-order valence-corrected chi connectivity index (χ2v) is 4.46. The van der Waals surface area contributed by atoms with Crippen molar-refractivity contribution >= 4 is 23.2 Å². The van der Waals surface area contributed by atoms with Crippen LogP contribution in [-0.2, 0) is 4.79 Å². The zero-order chi connectivity index (χ0) is 11.1. The maximum absolute atomic E-state index is 11.7. The van der Waals surface area contributed by atoms with Crippen LogP contribution >= 0.6 is 11.6 Å². The largest absolute Gasteiger partial charge is 0.454 e. The minimum Gasteiger partial charge on any atom is -0.454 e. The van der Waals surface area contributed by atoms with Gasteiger partial charge in [-0.3, -0.25) is 4.79 Å². The van der Waals surface area contributed by atoms with Crippen LogP contribution in [0, 0.1) is 0 Å². The van der Waals surface area contributed by atoms with Crippen molar-refractivity contribution in [2.45, 2.75) is 11.8 Å². The van der Waals surface area contributed by atoms with E-state index in [1.807, 2.05) is 18.2 Å². The highest BCUT2D eigenvalue weighted by atomic mass is 35.5. The zero-order valence-corrected chi connectivity index (χ0v) is 9.24. The molecule has 0 bridgehead atoms. The molecule has 2 heterocycles. The van der Waals surface area contributed by atoms with Crippen LogP contribution in [0.3, 0.4) is 0 Å². The first-order valence-electron chi connectivity index (χ1n) is 5.08. The Labute approximate surface area is 97.7 Å². The van der Waals surface area contributed by atoms with Gasteiger partial charge < -0.3 is 14.4 Å². The monoisotopic (exact) mass is 239 g/mol. The normalized spacial score (nSPS) is 22.9. The number of fused-ring (bicyclic) bond motifs is 1. The number of hydrogen-bond donors (Lipinski definition) is 0. The number of nitrogens with zero attached hydrogens (tertiary/aromatic N) is 1. The van der Waals surface area contributed by atoms with E-state index in [1.165, 1.54) is 0 Å². The Morgan fingerprint density at radius 1 is 1.31 bits per heavy atom. The van der Waals surface area contributed by atoms with E-state index in [4.69, 9.17) is 21.1 Å². The summed E-state index contributed by atoms with van der Waals surface area (Å²) in [7, 11) is 0. The predicted molar refractivity (Wildman–Crippen MR) is 59.2 cm³/mol. The second-order valence-electron chi connectivity index (χ2n) is 3.84. The molecule has 84 valence electrons. The molecule has 4 nitrogen and oxygen atoms in total. The summed E-state index contributed by atoms with van der Waals surface area (Å²) in [5.74, 6) is 1.46. The smallest absolute Gasteiger partial charge is 0.231 e. The van der Waals surface area contributed by atoms with Crippen LogP contribution in [0.1, 0.15) is 6.42 Å². The van der Waals surface area contributed by atoms with E-state index in [2.05, 4.69) is 0 Å². The van der Waals surface area contributed by atoms with Gasteiger partial charge in [-0.25, -0.2) is 0 Å². The van der Waals surface area contributed by atoms with Crippen LogP contribution in [-0.4, -0.2) is 24.6 Å². The van der Waals surface area contributed by atoms with Crippen molar-refractivity contribution < 1.29 is 14.3 Å². The molecule has 3 rings (SSSR count). The molecule has 5 heteroatoms. The lowest BCUT2D eigenvalue weighted by molar-refractivity contribution is -0.117. The molecule has 0 saturated carbocycles. The van der Waals surface area contributed by atoms with E-state index in [0.717, 1.165) is 11.4 Å². The number of alkyl halides is 1. The minimum atomic E-state index is -0.0991. The van der Waals surface area contributed by atoms with Gasteiger partial charge in [0.2, 0.25) is 12.7 Å². The third-order valence-electron chi connectivity index (χ3n) is 2.75. The molecule has 1 unspecified atom stereocenters. The molecular formula is C11H10ClNO3. The van der Waals surface area contributed by atoms with Gasteiger partial charge in [0.25, 0.3) is 0 Å². The summed E-state index contributed by atoms with van der Waals surface area (Å²) < 4.78 is 10.5. The molecule has 2 aliphatic rings. The minimum absolute atomic E-state index is 0.0545. The van der Waals surface area contributed by atoms with E-state index in [0.29, 0.717) is 18.7 Å². The molecule has 0 aromatic heterocycles. The Bertz CT molecular complexity index is 449. The third-order valence-corrected chi connectivity index (χ3v) is 3.04. The average Bonchev–Trinajstić information content (AvgIpc) is 2.83. The Kier molecular flexibility index (Phi) is 2.17. The Morgan fingerprint density at radius 2 is 2.12 bits per heavy atom. The highest BCUT2D eigenvalue weighted by Crippen LogP contribution is 2.36. The lowest BCUT2D eigenvalue weighted by Gasteiger charge is -2.15. The highest BCUT2D eigenvalue weighted by Gasteiger charge is 2.30. The number of rotatable bonds is 1. The fraction of sp³-hybridized carbons (Fsp3) is 0.364. The summed E-state index contributed by atoms with van der Waals surface area (Å²) in [4.78, 5) is 13.3. The van der Waals surface area contributed by atoms with Gasteiger partial charge in [-0.2, -0.15) is 0 Å². The molecule has 0 spiro atoms. The van der Waals surface area contributed by atoms with Crippen LogP contribution in [0.5, 0.6) is 11.5 Å². The van der Waals surface area contributed by atoms with Gasteiger partial charge >= 0.3 is 0 Å². The molecule has 0 N–H and O–H groups in total. The van der Waals surface area contributed by atoms with Gasteiger partial charge in [-0.15, -0.1) is 11.6 Å². The maximum atomic E-state index is 11.7. The molecule has 1 aromatic rings. The number of amides is 1. The molecule has 0 radical (unpaired) electrons. The topological polar surface area (TPSA) is 38.8 Å². The van der Waals surface area contributed by atoms with Gasteiger partial charge in [0.1, 0.15) is 0 Å². The van der Waals surface area contributed by atoms with Crippen molar-refractivity contribution in [2.75, 3.05) is 18.2 Å². The average molecular weight is 240 g/mol. The summed E-state index contributed by atoms with van der Waals surface area (Å²) in [6.07, 6.45) is 0.399. The van der Waals surface area contributed by atoms with Crippen LogP contribution in [0.4, 0.5) is 5.69 Å². The van der Waals surface area contributed by atoms with E-state index in [-0.39, 0.29) is 18.1 Å².